The van der Waals surface area contributed by atoms with Crippen LogP contribution in [0, 0.1) is 0 Å². The van der Waals surface area contributed by atoms with Gasteiger partial charge < -0.3 is 4.90 Å². The molecule has 5 nitrogen and oxygen atoms in total. The molecular weight excluding hydrogens is 406 g/mol. The van der Waals surface area contributed by atoms with E-state index in [4.69, 9.17) is 16.6 Å². The number of hydrogen-bond donors (Lipinski definition) is 0. The largest absolute Gasteiger partial charge is 0.339 e. The molecule has 7 heteroatoms. The summed E-state index contributed by atoms with van der Waals surface area (Å²) in [6.45, 7) is 2.89. The smallest absolute Gasteiger partial charge is 0.266 e. The first-order valence-electron chi connectivity index (χ1n) is 9.74. The predicted molar refractivity (Wildman–Crippen MR) is 118 cm³/mol. The van der Waals surface area contributed by atoms with Crippen LogP contribution < -0.4 is 5.56 Å². The summed E-state index contributed by atoms with van der Waals surface area (Å²) < 4.78 is 1.55. The van der Waals surface area contributed by atoms with E-state index in [1.165, 1.54) is 18.2 Å². The highest BCUT2D eigenvalue weighted by Gasteiger charge is 2.24. The van der Waals surface area contributed by atoms with Crippen molar-refractivity contribution in [1.82, 2.24) is 14.5 Å². The van der Waals surface area contributed by atoms with Gasteiger partial charge in [0, 0.05) is 17.6 Å². The SMILES string of the molecule is CC1CCCCN1C(=O)CSc1nc2ccccc2c(=O)n1-c1cccc(Cl)c1. The van der Waals surface area contributed by atoms with Gasteiger partial charge in [0.1, 0.15) is 0 Å². The minimum atomic E-state index is -0.167. The number of rotatable bonds is 4. The molecule has 1 saturated heterocycles. The monoisotopic (exact) mass is 427 g/mol. The van der Waals surface area contributed by atoms with E-state index in [1.54, 1.807) is 28.8 Å². The number of carbonyl (C=O) groups excluding carboxylic acids is 1. The van der Waals surface area contributed by atoms with Crippen LogP contribution in [0.15, 0.2) is 58.5 Å². The zero-order valence-electron chi connectivity index (χ0n) is 16.2. The highest BCUT2D eigenvalue weighted by Crippen LogP contribution is 2.24. The predicted octanol–water partition coefficient (Wildman–Crippen LogP) is 4.53. The molecule has 150 valence electrons. The van der Waals surface area contributed by atoms with Gasteiger partial charge >= 0.3 is 0 Å². The van der Waals surface area contributed by atoms with Crippen LogP contribution in [-0.2, 0) is 4.79 Å². The van der Waals surface area contributed by atoms with Gasteiger partial charge in [0.05, 0.1) is 22.3 Å². The maximum atomic E-state index is 13.2. The van der Waals surface area contributed by atoms with Crippen LogP contribution in [0.2, 0.25) is 5.02 Å². The summed E-state index contributed by atoms with van der Waals surface area (Å²) in [5.41, 5.74) is 1.10. The third-order valence-corrected chi connectivity index (χ3v) is 6.42. The van der Waals surface area contributed by atoms with E-state index in [-0.39, 0.29) is 23.3 Å². The summed E-state index contributed by atoms with van der Waals surface area (Å²) in [6.07, 6.45) is 3.25. The normalized spacial score (nSPS) is 16.9. The topological polar surface area (TPSA) is 55.2 Å². The lowest BCUT2D eigenvalue weighted by Gasteiger charge is -2.33. The number of para-hydroxylation sites is 1. The average Bonchev–Trinajstić information content (AvgIpc) is 2.72. The molecule has 0 saturated carbocycles. The number of aromatic nitrogens is 2. The summed E-state index contributed by atoms with van der Waals surface area (Å²) in [5, 5.41) is 1.57. The molecule has 0 N–H and O–H groups in total. The molecule has 2 heterocycles. The summed E-state index contributed by atoms with van der Waals surface area (Å²) in [7, 11) is 0. The number of nitrogens with zero attached hydrogens (tertiary/aromatic N) is 3. The molecule has 2 aromatic carbocycles. The number of carbonyl (C=O) groups is 1. The Bertz CT molecular complexity index is 1110. The first-order valence-corrected chi connectivity index (χ1v) is 11.1. The van der Waals surface area contributed by atoms with Crippen LogP contribution in [0.3, 0.4) is 0 Å². The van der Waals surface area contributed by atoms with Crippen molar-refractivity contribution in [3.63, 3.8) is 0 Å². The van der Waals surface area contributed by atoms with Crippen molar-refractivity contribution in [2.24, 2.45) is 0 Å². The van der Waals surface area contributed by atoms with E-state index < -0.39 is 0 Å². The number of thioether (sulfide) groups is 1. The van der Waals surface area contributed by atoms with Gasteiger partial charge in [-0.1, -0.05) is 41.6 Å². The molecule has 1 aliphatic rings. The lowest BCUT2D eigenvalue weighted by atomic mass is 10.0. The average molecular weight is 428 g/mol. The molecular formula is C22H22ClN3O2S. The van der Waals surface area contributed by atoms with Crippen molar-refractivity contribution in [2.45, 2.75) is 37.4 Å². The van der Waals surface area contributed by atoms with Gasteiger partial charge in [-0.25, -0.2) is 4.98 Å². The molecule has 1 unspecified atom stereocenters. The maximum absolute atomic E-state index is 13.2. The Balaban J connectivity index is 1.72. The van der Waals surface area contributed by atoms with Crippen molar-refractivity contribution in [3.8, 4) is 5.69 Å². The second-order valence-electron chi connectivity index (χ2n) is 7.25. The molecule has 3 aromatic rings. The standard InChI is InChI=1S/C22H22ClN3O2S/c1-15-7-4-5-12-25(15)20(27)14-29-22-24-19-11-3-2-10-18(19)21(28)26(22)17-9-6-8-16(23)13-17/h2-3,6,8-11,13,15H,4-5,7,12,14H2,1H3. The third-order valence-electron chi connectivity index (χ3n) is 5.26. The highest BCUT2D eigenvalue weighted by molar-refractivity contribution is 7.99. The first-order chi connectivity index (χ1) is 14.0. The maximum Gasteiger partial charge on any atom is 0.266 e. The van der Waals surface area contributed by atoms with E-state index in [0.29, 0.717) is 26.8 Å². The molecule has 1 fully saturated rings. The zero-order chi connectivity index (χ0) is 20.4. The van der Waals surface area contributed by atoms with Gasteiger partial charge in [0.15, 0.2) is 5.16 Å². The van der Waals surface area contributed by atoms with Gasteiger partial charge in [0.2, 0.25) is 5.91 Å². The van der Waals surface area contributed by atoms with Gasteiger partial charge in [-0.15, -0.1) is 0 Å². The van der Waals surface area contributed by atoms with E-state index >= 15 is 0 Å². The minimum Gasteiger partial charge on any atom is -0.339 e. The molecule has 0 spiro atoms. The second kappa shape index (κ2) is 8.59. The molecule has 0 aliphatic carbocycles. The Kier molecular flexibility index (Phi) is 5.92. The number of fused-ring (bicyclic) bond motifs is 1. The first kappa shape index (κ1) is 20.0. The van der Waals surface area contributed by atoms with Crippen molar-refractivity contribution >= 4 is 40.2 Å². The highest BCUT2D eigenvalue weighted by atomic mass is 35.5. The van der Waals surface area contributed by atoms with Gasteiger partial charge in [-0.2, -0.15) is 0 Å². The molecule has 0 bridgehead atoms. The summed E-state index contributed by atoms with van der Waals surface area (Å²) in [5.74, 6) is 0.331. The molecule has 4 rings (SSSR count). The molecule has 0 radical (unpaired) electrons. The molecule has 1 atom stereocenters. The van der Waals surface area contributed by atoms with Gasteiger partial charge in [-0.05, 0) is 56.5 Å². The fourth-order valence-corrected chi connectivity index (χ4v) is 4.81. The molecule has 29 heavy (non-hydrogen) atoms. The number of likely N-dealkylation sites (tertiary alicyclic amines) is 1. The Morgan fingerprint density at radius 2 is 2.03 bits per heavy atom. The summed E-state index contributed by atoms with van der Waals surface area (Å²) >= 11 is 7.46. The summed E-state index contributed by atoms with van der Waals surface area (Å²) in [6, 6.07) is 14.6. The lowest BCUT2D eigenvalue weighted by Crippen LogP contribution is -2.43. The fourth-order valence-electron chi connectivity index (χ4n) is 3.73. The van der Waals surface area contributed by atoms with Crippen LogP contribution in [0.1, 0.15) is 26.2 Å². The van der Waals surface area contributed by atoms with Gasteiger partial charge in [-0.3, -0.25) is 14.2 Å². The van der Waals surface area contributed by atoms with Crippen LogP contribution in [0.4, 0.5) is 0 Å². The van der Waals surface area contributed by atoms with E-state index in [1.807, 2.05) is 29.2 Å². The Labute approximate surface area is 178 Å². The van der Waals surface area contributed by atoms with E-state index in [2.05, 4.69) is 6.92 Å². The van der Waals surface area contributed by atoms with E-state index in [9.17, 15) is 9.59 Å². The number of hydrogen-bond acceptors (Lipinski definition) is 4. The van der Waals surface area contributed by atoms with Crippen LogP contribution in [0.25, 0.3) is 16.6 Å². The van der Waals surface area contributed by atoms with Gasteiger partial charge in [0.25, 0.3) is 5.56 Å². The van der Waals surface area contributed by atoms with Crippen LogP contribution in [0.5, 0.6) is 0 Å². The molecule has 1 amide bonds. The number of halogens is 1. The Morgan fingerprint density at radius 1 is 1.21 bits per heavy atom. The number of benzene rings is 2. The van der Waals surface area contributed by atoms with Crippen molar-refractivity contribution in [3.05, 3.63) is 63.9 Å². The molecule has 1 aliphatic heterocycles. The third kappa shape index (κ3) is 4.19. The quantitative estimate of drug-likeness (QED) is 0.453. The van der Waals surface area contributed by atoms with Crippen LogP contribution >= 0.6 is 23.4 Å². The fraction of sp³-hybridized carbons (Fsp3) is 0.318. The molecule has 1 aromatic heterocycles. The number of piperidine rings is 1. The minimum absolute atomic E-state index is 0.0854. The second-order valence-corrected chi connectivity index (χ2v) is 8.63. The van der Waals surface area contributed by atoms with Crippen molar-refractivity contribution < 1.29 is 4.79 Å². The van der Waals surface area contributed by atoms with Crippen molar-refractivity contribution in [2.75, 3.05) is 12.3 Å². The Hall–Kier alpha value is -2.31. The van der Waals surface area contributed by atoms with Crippen molar-refractivity contribution in [1.29, 1.82) is 0 Å². The Morgan fingerprint density at radius 3 is 2.83 bits per heavy atom. The van der Waals surface area contributed by atoms with Crippen LogP contribution in [-0.4, -0.2) is 38.7 Å². The van der Waals surface area contributed by atoms with E-state index in [0.717, 1.165) is 19.4 Å². The zero-order valence-corrected chi connectivity index (χ0v) is 17.7. The lowest BCUT2D eigenvalue weighted by molar-refractivity contribution is -0.131. The number of amides is 1. The summed E-state index contributed by atoms with van der Waals surface area (Å²) in [4.78, 5) is 32.7.